The van der Waals surface area contributed by atoms with E-state index < -0.39 is 0 Å². The van der Waals surface area contributed by atoms with Crippen LogP contribution in [0.2, 0.25) is 0 Å². The topological polar surface area (TPSA) is 20.3 Å². The van der Waals surface area contributed by atoms with Gasteiger partial charge in [0, 0.05) is 23.2 Å². The molecule has 0 saturated carbocycles. The number of anilines is 2. The molecule has 0 aromatic heterocycles. The number of hydrogen-bond donors (Lipinski definition) is 0. The monoisotopic (exact) mass is 301 g/mol. The first-order chi connectivity index (χ1) is 10.2. The molecule has 0 heterocycles. The second-order valence-electron chi connectivity index (χ2n) is 4.94. The van der Waals surface area contributed by atoms with E-state index in [0.717, 1.165) is 17.8 Å². The smallest absolute Gasteiger partial charge is 0.231 e. The van der Waals surface area contributed by atoms with Gasteiger partial charge < -0.3 is 0 Å². The zero-order chi connectivity index (χ0) is 15.1. The predicted octanol–water partition coefficient (Wildman–Crippen LogP) is 5.15. The van der Waals surface area contributed by atoms with Crippen LogP contribution in [0.4, 0.5) is 11.4 Å². The fourth-order valence-corrected chi connectivity index (χ4v) is 2.30. The molecule has 0 bridgehead atoms. The standard InChI is InChI=1S/C18H20ClNO/c1-2-15(19)13-14-18(21)20(16-9-5-3-6-10-16)17-11-7-4-8-12-17/h3-12,15H,2,13-14H2,1H3. The molecule has 0 aliphatic heterocycles. The Morgan fingerprint density at radius 1 is 1.00 bits per heavy atom. The lowest BCUT2D eigenvalue weighted by atomic mass is 10.1. The SMILES string of the molecule is CCC(Cl)CCC(=O)N(c1ccccc1)c1ccccc1. The van der Waals surface area contributed by atoms with Gasteiger partial charge in [0.1, 0.15) is 0 Å². The molecule has 2 nitrogen and oxygen atoms in total. The molecule has 1 atom stereocenters. The highest BCUT2D eigenvalue weighted by Gasteiger charge is 2.18. The summed E-state index contributed by atoms with van der Waals surface area (Å²) in [7, 11) is 0. The zero-order valence-corrected chi connectivity index (χ0v) is 13.0. The van der Waals surface area contributed by atoms with Gasteiger partial charge in [0.15, 0.2) is 0 Å². The second-order valence-corrected chi connectivity index (χ2v) is 5.56. The molecular formula is C18H20ClNO. The van der Waals surface area contributed by atoms with Crippen molar-refractivity contribution in [2.24, 2.45) is 0 Å². The van der Waals surface area contributed by atoms with Gasteiger partial charge >= 0.3 is 0 Å². The van der Waals surface area contributed by atoms with Crippen molar-refractivity contribution in [2.75, 3.05) is 4.90 Å². The highest BCUT2D eigenvalue weighted by Crippen LogP contribution is 2.26. The van der Waals surface area contributed by atoms with Crippen LogP contribution in [0, 0.1) is 0 Å². The highest BCUT2D eigenvalue weighted by molar-refractivity contribution is 6.20. The summed E-state index contributed by atoms with van der Waals surface area (Å²) in [5.41, 5.74) is 1.77. The minimum atomic E-state index is 0.0577. The molecule has 0 aliphatic carbocycles. The van der Waals surface area contributed by atoms with E-state index in [0.29, 0.717) is 12.8 Å². The molecule has 0 saturated heterocycles. The van der Waals surface area contributed by atoms with E-state index in [1.807, 2.05) is 67.6 Å². The highest BCUT2D eigenvalue weighted by atomic mass is 35.5. The lowest BCUT2D eigenvalue weighted by Gasteiger charge is -2.23. The fraction of sp³-hybridized carbons (Fsp3) is 0.278. The second kappa shape index (κ2) is 7.84. The number of carbonyl (C=O) groups excluding carboxylic acids is 1. The molecule has 0 fully saturated rings. The van der Waals surface area contributed by atoms with E-state index in [1.54, 1.807) is 4.90 Å². The van der Waals surface area contributed by atoms with Gasteiger partial charge in [-0.2, -0.15) is 0 Å². The van der Waals surface area contributed by atoms with Gasteiger partial charge in [-0.1, -0.05) is 43.3 Å². The van der Waals surface area contributed by atoms with Crippen LogP contribution in [-0.4, -0.2) is 11.3 Å². The molecule has 21 heavy (non-hydrogen) atoms. The van der Waals surface area contributed by atoms with Crippen LogP contribution in [0.1, 0.15) is 26.2 Å². The average molecular weight is 302 g/mol. The van der Waals surface area contributed by atoms with Gasteiger partial charge in [0.2, 0.25) is 5.91 Å². The van der Waals surface area contributed by atoms with Crippen LogP contribution in [0.15, 0.2) is 60.7 Å². The molecule has 1 amide bonds. The molecule has 110 valence electrons. The summed E-state index contributed by atoms with van der Waals surface area (Å²) in [5.74, 6) is 0.0755. The Kier molecular flexibility index (Phi) is 5.82. The Morgan fingerprint density at radius 2 is 1.48 bits per heavy atom. The van der Waals surface area contributed by atoms with Gasteiger partial charge in [0.05, 0.1) is 0 Å². The van der Waals surface area contributed by atoms with Crippen LogP contribution < -0.4 is 4.90 Å². The molecule has 2 aromatic carbocycles. The van der Waals surface area contributed by atoms with Gasteiger partial charge in [-0.05, 0) is 37.1 Å². The van der Waals surface area contributed by atoms with E-state index in [4.69, 9.17) is 11.6 Å². The van der Waals surface area contributed by atoms with Crippen molar-refractivity contribution in [2.45, 2.75) is 31.6 Å². The number of amides is 1. The molecule has 0 N–H and O–H groups in total. The Balaban J connectivity index is 2.23. The van der Waals surface area contributed by atoms with Crippen LogP contribution in [0.3, 0.4) is 0 Å². The molecule has 0 radical (unpaired) electrons. The predicted molar refractivity (Wildman–Crippen MR) is 89.2 cm³/mol. The van der Waals surface area contributed by atoms with Gasteiger partial charge in [-0.25, -0.2) is 0 Å². The number of rotatable bonds is 6. The number of benzene rings is 2. The minimum absolute atomic E-state index is 0.0577. The van der Waals surface area contributed by atoms with Crippen molar-refractivity contribution in [1.29, 1.82) is 0 Å². The largest absolute Gasteiger partial charge is 0.281 e. The molecule has 3 heteroatoms. The van der Waals surface area contributed by atoms with Crippen molar-refractivity contribution in [3.05, 3.63) is 60.7 Å². The van der Waals surface area contributed by atoms with Crippen molar-refractivity contribution in [3.63, 3.8) is 0 Å². The number of halogens is 1. The third-order valence-corrected chi connectivity index (χ3v) is 3.92. The third kappa shape index (κ3) is 4.33. The molecule has 2 rings (SSSR count). The van der Waals surface area contributed by atoms with Crippen LogP contribution in [0.5, 0.6) is 0 Å². The molecule has 0 aliphatic rings. The average Bonchev–Trinajstić information content (AvgIpc) is 2.55. The summed E-state index contributed by atoms with van der Waals surface area (Å²) in [6.45, 7) is 2.04. The number of alkyl halides is 1. The number of para-hydroxylation sites is 2. The number of nitrogens with zero attached hydrogens (tertiary/aromatic N) is 1. The lowest BCUT2D eigenvalue weighted by Crippen LogP contribution is -2.26. The maximum atomic E-state index is 12.6. The van der Waals surface area contributed by atoms with E-state index >= 15 is 0 Å². The summed E-state index contributed by atoms with van der Waals surface area (Å²) >= 11 is 6.14. The minimum Gasteiger partial charge on any atom is -0.281 e. The van der Waals surface area contributed by atoms with Gasteiger partial charge in [-0.3, -0.25) is 9.69 Å². The summed E-state index contributed by atoms with van der Waals surface area (Å²) in [4.78, 5) is 14.4. The zero-order valence-electron chi connectivity index (χ0n) is 12.2. The quantitative estimate of drug-likeness (QED) is 0.676. The van der Waals surface area contributed by atoms with E-state index in [2.05, 4.69) is 0 Å². The molecule has 0 spiro atoms. The Hall–Kier alpha value is -1.80. The van der Waals surface area contributed by atoms with Crippen molar-refractivity contribution >= 4 is 28.9 Å². The Bertz CT molecular complexity index is 516. The first-order valence-corrected chi connectivity index (χ1v) is 7.73. The van der Waals surface area contributed by atoms with Gasteiger partial charge in [0.25, 0.3) is 0 Å². The molecule has 1 unspecified atom stereocenters. The molecule has 2 aromatic rings. The normalized spacial score (nSPS) is 11.9. The first kappa shape index (κ1) is 15.6. The lowest BCUT2D eigenvalue weighted by molar-refractivity contribution is -0.118. The van der Waals surface area contributed by atoms with E-state index in [1.165, 1.54) is 0 Å². The maximum absolute atomic E-state index is 12.6. The fourth-order valence-electron chi connectivity index (χ4n) is 2.19. The van der Waals surface area contributed by atoms with Crippen molar-refractivity contribution in [3.8, 4) is 0 Å². The Morgan fingerprint density at radius 3 is 1.90 bits per heavy atom. The van der Waals surface area contributed by atoms with Crippen LogP contribution in [0.25, 0.3) is 0 Å². The van der Waals surface area contributed by atoms with Gasteiger partial charge in [-0.15, -0.1) is 11.6 Å². The first-order valence-electron chi connectivity index (χ1n) is 7.29. The third-order valence-electron chi connectivity index (χ3n) is 3.39. The van der Waals surface area contributed by atoms with Crippen molar-refractivity contribution < 1.29 is 4.79 Å². The Labute approximate surface area is 131 Å². The summed E-state index contributed by atoms with van der Waals surface area (Å²) in [6, 6.07) is 19.4. The van der Waals surface area contributed by atoms with E-state index in [9.17, 15) is 4.79 Å². The number of carbonyl (C=O) groups is 1. The van der Waals surface area contributed by atoms with Crippen LogP contribution >= 0.6 is 11.6 Å². The molecular weight excluding hydrogens is 282 g/mol. The van der Waals surface area contributed by atoms with Crippen molar-refractivity contribution in [1.82, 2.24) is 0 Å². The summed E-state index contributed by atoms with van der Waals surface area (Å²) < 4.78 is 0. The van der Waals surface area contributed by atoms with E-state index in [-0.39, 0.29) is 11.3 Å². The maximum Gasteiger partial charge on any atom is 0.231 e. The number of hydrogen-bond acceptors (Lipinski definition) is 1. The van der Waals surface area contributed by atoms with Crippen LogP contribution in [-0.2, 0) is 4.79 Å². The summed E-state index contributed by atoms with van der Waals surface area (Å²) in [5, 5.41) is 0.0577. The summed E-state index contributed by atoms with van der Waals surface area (Å²) in [6.07, 6.45) is 2.03.